The lowest BCUT2D eigenvalue weighted by Gasteiger charge is -2.26. The lowest BCUT2D eigenvalue weighted by Crippen LogP contribution is -2.35. The molecular formula is C18H31ClN2. The molecule has 2 atom stereocenters. The van der Waals surface area contributed by atoms with Gasteiger partial charge in [0.1, 0.15) is 0 Å². The zero-order valence-corrected chi connectivity index (χ0v) is 14.8. The Morgan fingerprint density at radius 1 is 1.14 bits per heavy atom. The Balaban J connectivity index is 2.26. The van der Waals surface area contributed by atoms with E-state index in [1.54, 1.807) is 0 Å². The summed E-state index contributed by atoms with van der Waals surface area (Å²) in [4.78, 5) is 2.38. The molecule has 0 aromatic heterocycles. The average Bonchev–Trinajstić information content (AvgIpc) is 2.47. The molecule has 0 aliphatic rings. The number of rotatable bonds is 10. The molecule has 0 saturated heterocycles. The molecule has 0 aliphatic heterocycles. The monoisotopic (exact) mass is 310 g/mol. The minimum atomic E-state index is 0.416. The van der Waals surface area contributed by atoms with E-state index in [0.717, 1.165) is 18.1 Å². The number of nitrogens with zero attached hydrogens (tertiary/aromatic N) is 1. The van der Waals surface area contributed by atoms with Crippen LogP contribution in [0.4, 0.5) is 0 Å². The first-order valence-electron chi connectivity index (χ1n) is 8.23. The van der Waals surface area contributed by atoms with Crippen molar-refractivity contribution >= 4 is 11.6 Å². The Morgan fingerprint density at radius 3 is 2.43 bits per heavy atom. The van der Waals surface area contributed by atoms with Crippen molar-refractivity contribution in [2.45, 2.75) is 58.5 Å². The highest BCUT2D eigenvalue weighted by Gasteiger charge is 2.11. The predicted octanol–water partition coefficient (Wildman–Crippen LogP) is 4.89. The third kappa shape index (κ3) is 7.30. The van der Waals surface area contributed by atoms with Crippen LogP contribution in [0.15, 0.2) is 24.3 Å². The van der Waals surface area contributed by atoms with E-state index in [1.165, 1.54) is 31.2 Å². The fourth-order valence-electron chi connectivity index (χ4n) is 2.48. The van der Waals surface area contributed by atoms with Crippen molar-refractivity contribution < 1.29 is 0 Å². The van der Waals surface area contributed by atoms with E-state index in [9.17, 15) is 0 Å². The predicted molar refractivity (Wildman–Crippen MR) is 94.1 cm³/mol. The Labute approximate surface area is 135 Å². The van der Waals surface area contributed by atoms with E-state index < -0.39 is 0 Å². The quantitative estimate of drug-likeness (QED) is 0.619. The molecule has 0 saturated carbocycles. The van der Waals surface area contributed by atoms with Crippen LogP contribution in [0.25, 0.3) is 0 Å². The first kappa shape index (κ1) is 18.5. The molecule has 1 aromatic rings. The van der Waals surface area contributed by atoms with Crippen LogP contribution < -0.4 is 5.32 Å². The lowest BCUT2D eigenvalue weighted by atomic mass is 10.1. The molecule has 0 heterocycles. The number of hydrogen-bond acceptors (Lipinski definition) is 2. The number of halogens is 1. The summed E-state index contributed by atoms with van der Waals surface area (Å²) in [5.74, 6) is 0. The second-order valence-electron chi connectivity index (χ2n) is 6.06. The molecule has 120 valence electrons. The average molecular weight is 311 g/mol. The fraction of sp³-hybridized carbons (Fsp3) is 0.667. The maximum absolute atomic E-state index is 5.94. The normalized spacial score (nSPS) is 14.4. The van der Waals surface area contributed by atoms with E-state index in [-0.39, 0.29) is 0 Å². The molecule has 0 bridgehead atoms. The van der Waals surface area contributed by atoms with Crippen LogP contribution in [-0.2, 0) is 0 Å². The summed E-state index contributed by atoms with van der Waals surface area (Å²) in [6, 6.07) is 9.20. The molecule has 2 unspecified atom stereocenters. The van der Waals surface area contributed by atoms with Crippen molar-refractivity contribution in [2.75, 3.05) is 20.1 Å². The molecule has 1 aromatic carbocycles. The molecule has 1 rings (SSSR count). The van der Waals surface area contributed by atoms with Crippen molar-refractivity contribution in [3.8, 4) is 0 Å². The Hall–Kier alpha value is -0.570. The van der Waals surface area contributed by atoms with Gasteiger partial charge in [-0.1, -0.05) is 49.9 Å². The van der Waals surface area contributed by atoms with Crippen molar-refractivity contribution in [1.82, 2.24) is 10.2 Å². The van der Waals surface area contributed by atoms with E-state index in [2.05, 4.69) is 50.2 Å². The number of benzene rings is 1. The summed E-state index contributed by atoms with van der Waals surface area (Å²) in [7, 11) is 2.18. The van der Waals surface area contributed by atoms with E-state index in [4.69, 9.17) is 11.6 Å². The summed E-state index contributed by atoms with van der Waals surface area (Å²) < 4.78 is 0. The van der Waals surface area contributed by atoms with Crippen molar-refractivity contribution in [1.29, 1.82) is 0 Å². The van der Waals surface area contributed by atoms with Gasteiger partial charge in [0.2, 0.25) is 0 Å². The van der Waals surface area contributed by atoms with Gasteiger partial charge in [0.15, 0.2) is 0 Å². The van der Waals surface area contributed by atoms with Gasteiger partial charge in [0, 0.05) is 30.2 Å². The summed E-state index contributed by atoms with van der Waals surface area (Å²) in [5, 5.41) is 4.43. The largest absolute Gasteiger partial charge is 0.313 e. The van der Waals surface area contributed by atoms with Crippen LogP contribution in [-0.4, -0.2) is 31.1 Å². The fourth-order valence-corrected chi connectivity index (χ4v) is 2.61. The molecule has 3 heteroatoms. The zero-order chi connectivity index (χ0) is 15.7. The SMILES string of the molecule is CCCCCC(C)NCCN(C)C(C)c1ccc(Cl)cc1. The van der Waals surface area contributed by atoms with Gasteiger partial charge in [0.05, 0.1) is 0 Å². The molecule has 1 N–H and O–H groups in total. The van der Waals surface area contributed by atoms with Crippen LogP contribution in [0.1, 0.15) is 58.1 Å². The molecule has 21 heavy (non-hydrogen) atoms. The number of hydrogen-bond donors (Lipinski definition) is 1. The third-order valence-corrected chi connectivity index (χ3v) is 4.46. The minimum absolute atomic E-state index is 0.416. The zero-order valence-electron chi connectivity index (χ0n) is 14.0. The van der Waals surface area contributed by atoms with Gasteiger partial charge in [0.25, 0.3) is 0 Å². The molecule has 0 radical (unpaired) electrons. The van der Waals surface area contributed by atoms with Gasteiger partial charge in [-0.2, -0.15) is 0 Å². The van der Waals surface area contributed by atoms with Gasteiger partial charge < -0.3 is 5.32 Å². The molecule has 0 fully saturated rings. The Kier molecular flexibility index (Phi) is 8.98. The third-order valence-electron chi connectivity index (χ3n) is 4.21. The van der Waals surface area contributed by atoms with Crippen LogP contribution in [0, 0.1) is 0 Å². The highest BCUT2D eigenvalue weighted by molar-refractivity contribution is 6.30. The second kappa shape index (κ2) is 10.2. The van der Waals surface area contributed by atoms with Gasteiger partial charge in [-0.3, -0.25) is 4.90 Å². The van der Waals surface area contributed by atoms with Gasteiger partial charge in [-0.25, -0.2) is 0 Å². The smallest absolute Gasteiger partial charge is 0.0406 e. The summed E-state index contributed by atoms with van der Waals surface area (Å²) >= 11 is 5.94. The van der Waals surface area contributed by atoms with Crippen LogP contribution in [0.3, 0.4) is 0 Å². The maximum Gasteiger partial charge on any atom is 0.0406 e. The molecule has 2 nitrogen and oxygen atoms in total. The maximum atomic E-state index is 5.94. The van der Waals surface area contributed by atoms with Crippen LogP contribution >= 0.6 is 11.6 Å². The summed E-state index contributed by atoms with van der Waals surface area (Å²) in [6.07, 6.45) is 5.26. The first-order valence-corrected chi connectivity index (χ1v) is 8.61. The Bertz CT molecular complexity index is 377. The van der Waals surface area contributed by atoms with E-state index in [1.807, 2.05) is 12.1 Å². The number of nitrogens with one attached hydrogen (secondary N) is 1. The highest BCUT2D eigenvalue weighted by Crippen LogP contribution is 2.20. The van der Waals surface area contributed by atoms with Gasteiger partial charge >= 0.3 is 0 Å². The minimum Gasteiger partial charge on any atom is -0.313 e. The van der Waals surface area contributed by atoms with E-state index in [0.29, 0.717) is 12.1 Å². The highest BCUT2D eigenvalue weighted by atomic mass is 35.5. The number of likely N-dealkylation sites (N-methyl/N-ethyl adjacent to an activating group) is 1. The van der Waals surface area contributed by atoms with Crippen molar-refractivity contribution in [2.24, 2.45) is 0 Å². The second-order valence-corrected chi connectivity index (χ2v) is 6.50. The van der Waals surface area contributed by atoms with Crippen molar-refractivity contribution in [3.05, 3.63) is 34.9 Å². The molecule has 0 spiro atoms. The van der Waals surface area contributed by atoms with Crippen LogP contribution in [0.5, 0.6) is 0 Å². The Morgan fingerprint density at radius 2 is 1.81 bits per heavy atom. The standard InChI is InChI=1S/C18H31ClN2/c1-5-6-7-8-15(2)20-13-14-21(4)16(3)17-9-11-18(19)12-10-17/h9-12,15-16,20H,5-8,13-14H2,1-4H3. The lowest BCUT2D eigenvalue weighted by molar-refractivity contribution is 0.257. The van der Waals surface area contributed by atoms with Crippen LogP contribution in [0.2, 0.25) is 5.02 Å². The summed E-state index contributed by atoms with van der Waals surface area (Å²) in [6.45, 7) is 8.89. The molecular weight excluding hydrogens is 280 g/mol. The number of unbranched alkanes of at least 4 members (excludes halogenated alkanes) is 2. The summed E-state index contributed by atoms with van der Waals surface area (Å²) in [5.41, 5.74) is 1.32. The first-order chi connectivity index (χ1) is 10.0. The van der Waals surface area contributed by atoms with Gasteiger partial charge in [-0.15, -0.1) is 0 Å². The molecule has 0 aliphatic carbocycles. The molecule has 0 amide bonds. The van der Waals surface area contributed by atoms with Gasteiger partial charge in [-0.05, 0) is 45.0 Å². The van der Waals surface area contributed by atoms with E-state index >= 15 is 0 Å². The van der Waals surface area contributed by atoms with Crippen molar-refractivity contribution in [3.63, 3.8) is 0 Å². The topological polar surface area (TPSA) is 15.3 Å².